The Morgan fingerprint density at radius 2 is 1.36 bits per heavy atom. The van der Waals surface area contributed by atoms with Crippen molar-refractivity contribution < 1.29 is 9.31 Å². The molecule has 0 atom stereocenters. The largest absolute Gasteiger partial charge is 0.495 e. The third kappa shape index (κ3) is 3.57. The third-order valence-corrected chi connectivity index (χ3v) is 6.20. The highest BCUT2D eigenvalue weighted by Gasteiger charge is 2.53. The second-order valence-corrected chi connectivity index (χ2v) is 8.63. The Hall–Kier alpha value is -1.11. The summed E-state index contributed by atoms with van der Waals surface area (Å²) in [4.78, 5) is 0. The van der Waals surface area contributed by atoms with E-state index in [0.717, 1.165) is 11.0 Å². The fourth-order valence-electron chi connectivity index (χ4n) is 3.02. The Kier molecular flexibility index (Phi) is 5.15. The second-order valence-electron chi connectivity index (χ2n) is 7.47. The van der Waals surface area contributed by atoms with Gasteiger partial charge < -0.3 is 9.31 Å². The molecule has 1 fully saturated rings. The molecule has 1 saturated heterocycles. The van der Waals surface area contributed by atoms with E-state index in [9.17, 15) is 0 Å². The molecule has 1 aliphatic rings. The van der Waals surface area contributed by atoms with Gasteiger partial charge in [-0.05, 0) is 85.4 Å². The molecule has 0 spiro atoms. The highest BCUT2D eigenvalue weighted by Crippen LogP contribution is 2.42. The summed E-state index contributed by atoms with van der Waals surface area (Å²) in [5, 5.41) is 0. The zero-order valence-corrected chi connectivity index (χ0v) is 17.6. The van der Waals surface area contributed by atoms with Crippen LogP contribution in [-0.2, 0) is 9.31 Å². The minimum Gasteiger partial charge on any atom is -0.399 e. The van der Waals surface area contributed by atoms with Gasteiger partial charge in [0, 0.05) is 3.57 Å². The minimum atomic E-state index is -0.386. The Balaban J connectivity index is 2.16. The summed E-state index contributed by atoms with van der Waals surface area (Å²) in [6, 6.07) is 18.8. The van der Waals surface area contributed by atoms with Crippen LogP contribution in [0.3, 0.4) is 0 Å². The zero-order valence-electron chi connectivity index (χ0n) is 15.5. The molecule has 0 N–H and O–H groups in total. The maximum absolute atomic E-state index is 6.38. The molecule has 4 heteroatoms. The average Bonchev–Trinajstić information content (AvgIpc) is 2.76. The summed E-state index contributed by atoms with van der Waals surface area (Å²) < 4.78 is 14.0. The van der Waals surface area contributed by atoms with E-state index in [1.807, 2.05) is 6.07 Å². The molecule has 25 heavy (non-hydrogen) atoms. The first-order valence-electron chi connectivity index (χ1n) is 8.60. The molecule has 2 aromatic carbocycles. The first kappa shape index (κ1) is 18.7. The molecular weight excluding hydrogens is 422 g/mol. The van der Waals surface area contributed by atoms with Crippen LogP contribution in [0.15, 0.2) is 54.6 Å². The number of hydrogen-bond acceptors (Lipinski definition) is 2. The van der Waals surface area contributed by atoms with Gasteiger partial charge in [-0.25, -0.2) is 0 Å². The van der Waals surface area contributed by atoms with E-state index in [4.69, 9.17) is 9.31 Å². The van der Waals surface area contributed by atoms with Crippen LogP contribution in [0.2, 0.25) is 0 Å². The van der Waals surface area contributed by atoms with Crippen molar-refractivity contribution in [1.82, 2.24) is 0 Å². The van der Waals surface area contributed by atoms with E-state index < -0.39 is 0 Å². The Bertz CT molecular complexity index is 781. The molecule has 1 aliphatic heterocycles. The predicted molar refractivity (Wildman–Crippen MR) is 114 cm³/mol. The molecule has 3 rings (SSSR count). The molecule has 0 amide bonds. The van der Waals surface area contributed by atoms with Crippen LogP contribution in [0.25, 0.3) is 11.0 Å². The zero-order chi connectivity index (χ0) is 18.2. The third-order valence-electron chi connectivity index (χ3n) is 5.26. The van der Waals surface area contributed by atoms with Crippen molar-refractivity contribution >= 4 is 40.8 Å². The summed E-state index contributed by atoms with van der Waals surface area (Å²) in [6.45, 7) is 10.5. The van der Waals surface area contributed by atoms with Crippen molar-refractivity contribution in [1.29, 1.82) is 0 Å². The van der Waals surface area contributed by atoms with Crippen molar-refractivity contribution in [3.05, 3.63) is 69.3 Å². The second kappa shape index (κ2) is 6.90. The van der Waals surface area contributed by atoms with Crippen LogP contribution >= 0.6 is 22.6 Å². The molecule has 0 aromatic heterocycles. The van der Waals surface area contributed by atoms with Crippen LogP contribution in [0.5, 0.6) is 0 Å². The fraction of sp³-hybridized carbons (Fsp3) is 0.333. The van der Waals surface area contributed by atoms with Crippen molar-refractivity contribution in [2.75, 3.05) is 0 Å². The van der Waals surface area contributed by atoms with E-state index in [1.54, 1.807) is 0 Å². The molecular formula is C21H24BIO2. The van der Waals surface area contributed by atoms with Gasteiger partial charge in [0.25, 0.3) is 0 Å². The lowest BCUT2D eigenvalue weighted by molar-refractivity contribution is 0.00578. The molecule has 0 saturated carbocycles. The highest BCUT2D eigenvalue weighted by atomic mass is 127. The lowest BCUT2D eigenvalue weighted by atomic mass is 9.70. The van der Waals surface area contributed by atoms with Crippen LogP contribution in [0.1, 0.15) is 45.7 Å². The van der Waals surface area contributed by atoms with E-state index in [-0.39, 0.29) is 18.3 Å². The van der Waals surface area contributed by atoms with Crippen LogP contribution < -0.4 is 0 Å². The number of hydrogen-bond donors (Lipinski definition) is 0. The number of halogens is 1. The van der Waals surface area contributed by atoms with Gasteiger partial charge >= 0.3 is 7.12 Å². The lowest BCUT2D eigenvalue weighted by Crippen LogP contribution is -2.41. The molecule has 1 heterocycles. The monoisotopic (exact) mass is 446 g/mol. The van der Waals surface area contributed by atoms with Gasteiger partial charge in [0.05, 0.1) is 11.2 Å². The van der Waals surface area contributed by atoms with Crippen LogP contribution in [0.4, 0.5) is 0 Å². The molecule has 0 aliphatic carbocycles. The van der Waals surface area contributed by atoms with E-state index >= 15 is 0 Å². The van der Waals surface area contributed by atoms with Gasteiger partial charge in [-0.1, -0.05) is 48.5 Å². The van der Waals surface area contributed by atoms with Gasteiger partial charge in [0.15, 0.2) is 0 Å². The maximum atomic E-state index is 6.38. The van der Waals surface area contributed by atoms with Gasteiger partial charge in [0.2, 0.25) is 0 Å². The Labute approximate surface area is 164 Å². The maximum Gasteiger partial charge on any atom is 0.495 e. The van der Waals surface area contributed by atoms with Crippen molar-refractivity contribution in [2.24, 2.45) is 0 Å². The Morgan fingerprint density at radius 3 is 1.92 bits per heavy atom. The topological polar surface area (TPSA) is 18.5 Å². The first-order chi connectivity index (χ1) is 11.7. The lowest BCUT2D eigenvalue weighted by Gasteiger charge is -2.32. The SMILES string of the molecule is C/C(=C(/B1OC(C)(C)C(C)(C)O1)c1ccccc1)c1ccccc1I. The van der Waals surface area contributed by atoms with Gasteiger partial charge in [-0.3, -0.25) is 0 Å². The van der Waals surface area contributed by atoms with Crippen LogP contribution in [-0.4, -0.2) is 18.3 Å². The van der Waals surface area contributed by atoms with Gasteiger partial charge in [-0.15, -0.1) is 0 Å². The summed E-state index contributed by atoms with van der Waals surface area (Å²) in [7, 11) is -0.386. The van der Waals surface area contributed by atoms with Gasteiger partial charge in [0.1, 0.15) is 0 Å². The fourth-order valence-corrected chi connectivity index (χ4v) is 3.81. The highest BCUT2D eigenvalue weighted by molar-refractivity contribution is 14.1. The minimum absolute atomic E-state index is 0.359. The molecule has 0 bridgehead atoms. The van der Waals surface area contributed by atoms with E-state index in [1.165, 1.54) is 14.7 Å². The number of rotatable bonds is 3. The quantitative estimate of drug-likeness (QED) is 0.335. The number of allylic oxidation sites excluding steroid dienone is 1. The summed E-state index contributed by atoms with van der Waals surface area (Å²) in [5.74, 6) is 0. The smallest absolute Gasteiger partial charge is 0.399 e. The summed E-state index contributed by atoms with van der Waals surface area (Å²) >= 11 is 2.39. The van der Waals surface area contributed by atoms with E-state index in [0.29, 0.717) is 0 Å². The van der Waals surface area contributed by atoms with Gasteiger partial charge in [-0.2, -0.15) is 0 Å². The van der Waals surface area contributed by atoms with Crippen molar-refractivity contribution in [3.63, 3.8) is 0 Å². The molecule has 0 radical (unpaired) electrons. The van der Waals surface area contributed by atoms with Crippen molar-refractivity contribution in [2.45, 2.75) is 45.8 Å². The molecule has 2 nitrogen and oxygen atoms in total. The summed E-state index contributed by atoms with van der Waals surface area (Å²) in [6.07, 6.45) is 0. The van der Waals surface area contributed by atoms with Crippen molar-refractivity contribution in [3.8, 4) is 0 Å². The Morgan fingerprint density at radius 1 is 0.840 bits per heavy atom. The standard InChI is InChI=1S/C21H24BIO2/c1-15(17-13-9-10-14-18(17)23)19(16-11-7-6-8-12-16)22-24-20(2,3)21(4,5)25-22/h6-14H,1-5H3/b19-15-. The van der Waals surface area contributed by atoms with Crippen LogP contribution in [0, 0.1) is 3.57 Å². The summed E-state index contributed by atoms with van der Waals surface area (Å²) in [5.41, 5.74) is 3.93. The molecule has 130 valence electrons. The predicted octanol–water partition coefficient (Wildman–Crippen LogP) is 5.85. The van der Waals surface area contributed by atoms with E-state index in [2.05, 4.69) is 106 Å². The first-order valence-corrected chi connectivity index (χ1v) is 9.67. The normalized spacial score (nSPS) is 19.7. The number of benzene rings is 2. The average molecular weight is 446 g/mol. The molecule has 0 unspecified atom stereocenters. The molecule has 2 aromatic rings.